The molecule has 20 heavy (non-hydrogen) atoms. The summed E-state index contributed by atoms with van der Waals surface area (Å²) in [5.41, 5.74) is 5.73. The minimum Gasteiger partial charge on any atom is -0.307 e. The van der Waals surface area contributed by atoms with Crippen molar-refractivity contribution in [1.82, 2.24) is 5.32 Å². The standard InChI is InChI=1S/C19H31N/c1-13-11-14(2)19(15(3)12-13)17(5)20-16(4)18-9-7-6-8-10-18/h11-12,16-18,20H,6-10H2,1-5H3/t16-,17?/m1/s1. The Labute approximate surface area is 125 Å². The third-order valence-corrected chi connectivity index (χ3v) is 5.04. The topological polar surface area (TPSA) is 12.0 Å². The van der Waals surface area contributed by atoms with Gasteiger partial charge in [0.25, 0.3) is 0 Å². The molecule has 0 saturated heterocycles. The van der Waals surface area contributed by atoms with Crippen LogP contribution in [0.3, 0.4) is 0 Å². The predicted molar refractivity (Wildman–Crippen MR) is 88.2 cm³/mol. The van der Waals surface area contributed by atoms with E-state index in [1.807, 2.05) is 0 Å². The van der Waals surface area contributed by atoms with Crippen LogP contribution in [0, 0.1) is 26.7 Å². The maximum absolute atomic E-state index is 3.87. The molecule has 1 aromatic carbocycles. The highest BCUT2D eigenvalue weighted by Gasteiger charge is 2.22. The van der Waals surface area contributed by atoms with E-state index in [0.29, 0.717) is 12.1 Å². The van der Waals surface area contributed by atoms with Crippen molar-refractivity contribution in [2.75, 3.05) is 0 Å². The summed E-state index contributed by atoms with van der Waals surface area (Å²) < 4.78 is 0. The van der Waals surface area contributed by atoms with Gasteiger partial charge in [-0.05, 0) is 70.1 Å². The molecule has 1 heteroatoms. The van der Waals surface area contributed by atoms with Crippen LogP contribution < -0.4 is 5.32 Å². The molecule has 1 saturated carbocycles. The summed E-state index contributed by atoms with van der Waals surface area (Å²) in [6, 6.07) is 5.70. The van der Waals surface area contributed by atoms with E-state index >= 15 is 0 Å². The molecule has 2 atom stereocenters. The zero-order valence-corrected chi connectivity index (χ0v) is 13.9. The van der Waals surface area contributed by atoms with Crippen molar-refractivity contribution >= 4 is 0 Å². The van der Waals surface area contributed by atoms with Crippen LogP contribution in [0.25, 0.3) is 0 Å². The number of hydrogen-bond acceptors (Lipinski definition) is 1. The Bertz CT molecular complexity index is 420. The highest BCUT2D eigenvalue weighted by Crippen LogP contribution is 2.29. The van der Waals surface area contributed by atoms with E-state index < -0.39 is 0 Å². The Hall–Kier alpha value is -0.820. The fourth-order valence-corrected chi connectivity index (χ4v) is 4.12. The van der Waals surface area contributed by atoms with Gasteiger partial charge < -0.3 is 5.32 Å². The van der Waals surface area contributed by atoms with Crippen LogP contribution in [0.1, 0.15) is 74.2 Å². The van der Waals surface area contributed by atoms with Gasteiger partial charge in [-0.2, -0.15) is 0 Å². The number of benzene rings is 1. The van der Waals surface area contributed by atoms with Gasteiger partial charge in [0.15, 0.2) is 0 Å². The first-order valence-electron chi connectivity index (χ1n) is 8.33. The van der Waals surface area contributed by atoms with E-state index in [2.05, 4.69) is 52.1 Å². The molecule has 2 rings (SSSR count). The maximum Gasteiger partial charge on any atom is 0.0299 e. The fourth-order valence-electron chi connectivity index (χ4n) is 4.12. The summed E-state index contributed by atoms with van der Waals surface area (Å²) in [5, 5.41) is 3.87. The first-order valence-corrected chi connectivity index (χ1v) is 8.33. The van der Waals surface area contributed by atoms with Crippen LogP contribution >= 0.6 is 0 Å². The maximum atomic E-state index is 3.87. The zero-order valence-electron chi connectivity index (χ0n) is 13.9. The van der Waals surface area contributed by atoms with Gasteiger partial charge in [0, 0.05) is 12.1 Å². The average molecular weight is 273 g/mol. The van der Waals surface area contributed by atoms with Crippen molar-refractivity contribution in [2.24, 2.45) is 5.92 Å². The first-order chi connectivity index (χ1) is 9.49. The van der Waals surface area contributed by atoms with Crippen LogP contribution in [0.2, 0.25) is 0 Å². The third-order valence-electron chi connectivity index (χ3n) is 5.04. The summed E-state index contributed by atoms with van der Waals surface area (Å²) in [6.07, 6.45) is 7.11. The molecular weight excluding hydrogens is 242 g/mol. The summed E-state index contributed by atoms with van der Waals surface area (Å²) in [4.78, 5) is 0. The van der Waals surface area contributed by atoms with Gasteiger partial charge in [0.05, 0.1) is 0 Å². The summed E-state index contributed by atoms with van der Waals surface area (Å²) in [5.74, 6) is 0.872. The van der Waals surface area contributed by atoms with Gasteiger partial charge in [-0.1, -0.05) is 37.0 Å². The highest BCUT2D eigenvalue weighted by molar-refractivity contribution is 5.39. The lowest BCUT2D eigenvalue weighted by Gasteiger charge is -2.31. The van der Waals surface area contributed by atoms with Crippen molar-refractivity contribution in [3.05, 3.63) is 34.4 Å². The molecule has 0 aliphatic heterocycles. The average Bonchev–Trinajstić information content (AvgIpc) is 2.38. The normalized spacial score (nSPS) is 19.9. The van der Waals surface area contributed by atoms with E-state index in [1.54, 1.807) is 0 Å². The lowest BCUT2D eigenvalue weighted by atomic mass is 9.84. The SMILES string of the molecule is Cc1cc(C)c(C(C)N[C@H](C)C2CCCCC2)c(C)c1. The Kier molecular flexibility index (Phi) is 5.26. The number of hydrogen-bond donors (Lipinski definition) is 1. The van der Waals surface area contributed by atoms with Gasteiger partial charge in [-0.3, -0.25) is 0 Å². The molecule has 1 N–H and O–H groups in total. The van der Waals surface area contributed by atoms with E-state index in [4.69, 9.17) is 0 Å². The summed E-state index contributed by atoms with van der Waals surface area (Å²) in [6.45, 7) is 11.4. The van der Waals surface area contributed by atoms with Crippen molar-refractivity contribution in [3.8, 4) is 0 Å². The van der Waals surface area contributed by atoms with Crippen LogP contribution in [-0.2, 0) is 0 Å². The molecule has 0 bridgehead atoms. The second-order valence-electron chi connectivity index (χ2n) is 6.89. The molecule has 1 nitrogen and oxygen atoms in total. The molecule has 112 valence electrons. The summed E-state index contributed by atoms with van der Waals surface area (Å²) in [7, 11) is 0. The quantitative estimate of drug-likeness (QED) is 0.792. The molecule has 0 spiro atoms. The van der Waals surface area contributed by atoms with Crippen molar-refractivity contribution in [2.45, 2.75) is 78.8 Å². The fraction of sp³-hybridized carbons (Fsp3) is 0.684. The van der Waals surface area contributed by atoms with E-state index in [9.17, 15) is 0 Å². The second kappa shape index (κ2) is 6.76. The molecule has 0 amide bonds. The third kappa shape index (κ3) is 3.63. The highest BCUT2D eigenvalue weighted by atomic mass is 14.9. The van der Waals surface area contributed by atoms with Crippen LogP contribution in [0.4, 0.5) is 0 Å². The Morgan fingerprint density at radius 3 is 2.05 bits per heavy atom. The van der Waals surface area contributed by atoms with Crippen LogP contribution in [0.5, 0.6) is 0 Å². The lowest BCUT2D eigenvalue weighted by Crippen LogP contribution is -2.36. The molecule has 1 aliphatic rings. The number of rotatable bonds is 4. The lowest BCUT2D eigenvalue weighted by molar-refractivity contribution is 0.268. The van der Waals surface area contributed by atoms with Crippen molar-refractivity contribution in [1.29, 1.82) is 0 Å². The predicted octanol–water partition coefficient (Wildman–Crippen LogP) is 5.23. The minimum atomic E-state index is 0.451. The Morgan fingerprint density at radius 2 is 1.50 bits per heavy atom. The van der Waals surface area contributed by atoms with Crippen LogP contribution in [0.15, 0.2) is 12.1 Å². The van der Waals surface area contributed by atoms with Crippen LogP contribution in [-0.4, -0.2) is 6.04 Å². The molecule has 1 unspecified atom stereocenters. The van der Waals surface area contributed by atoms with E-state index in [1.165, 1.54) is 54.4 Å². The van der Waals surface area contributed by atoms with Gasteiger partial charge >= 0.3 is 0 Å². The second-order valence-corrected chi connectivity index (χ2v) is 6.89. The first kappa shape index (κ1) is 15.6. The van der Waals surface area contributed by atoms with Gasteiger partial charge in [-0.25, -0.2) is 0 Å². The number of nitrogens with one attached hydrogen (secondary N) is 1. The Morgan fingerprint density at radius 1 is 0.950 bits per heavy atom. The van der Waals surface area contributed by atoms with Crippen molar-refractivity contribution in [3.63, 3.8) is 0 Å². The molecule has 1 aromatic rings. The Balaban J connectivity index is 2.06. The molecular formula is C19H31N. The molecule has 0 aromatic heterocycles. The largest absolute Gasteiger partial charge is 0.307 e. The van der Waals surface area contributed by atoms with Gasteiger partial charge in [-0.15, -0.1) is 0 Å². The van der Waals surface area contributed by atoms with E-state index in [-0.39, 0.29) is 0 Å². The molecule has 0 radical (unpaired) electrons. The zero-order chi connectivity index (χ0) is 14.7. The van der Waals surface area contributed by atoms with Gasteiger partial charge in [0.2, 0.25) is 0 Å². The molecule has 0 heterocycles. The van der Waals surface area contributed by atoms with Crippen molar-refractivity contribution < 1.29 is 0 Å². The monoisotopic (exact) mass is 273 g/mol. The number of aryl methyl sites for hydroxylation is 3. The van der Waals surface area contributed by atoms with E-state index in [0.717, 1.165) is 5.92 Å². The molecule has 1 aliphatic carbocycles. The summed E-state index contributed by atoms with van der Waals surface area (Å²) >= 11 is 0. The smallest absolute Gasteiger partial charge is 0.0299 e. The minimum absolute atomic E-state index is 0.451. The van der Waals surface area contributed by atoms with Gasteiger partial charge in [0.1, 0.15) is 0 Å². The molecule has 1 fully saturated rings.